The molecule has 2 rings (SSSR count). The number of halogens is 3. The minimum absolute atomic E-state index is 0.0329. The molecule has 0 bridgehead atoms. The minimum atomic E-state index is -0.646. The molecule has 0 saturated carbocycles. The van der Waals surface area contributed by atoms with E-state index in [4.69, 9.17) is 23.2 Å². The lowest BCUT2D eigenvalue weighted by Gasteiger charge is -2.31. The van der Waals surface area contributed by atoms with Gasteiger partial charge < -0.3 is 10.2 Å². The smallest absolute Gasteiger partial charge is 0.242 e. The number of benzene rings is 2. The van der Waals surface area contributed by atoms with Crippen molar-refractivity contribution in [1.82, 2.24) is 10.2 Å². The number of carbonyl (C=O) groups excluding carboxylic acids is 2. The van der Waals surface area contributed by atoms with Crippen molar-refractivity contribution < 1.29 is 14.0 Å². The molecule has 0 radical (unpaired) electrons. The van der Waals surface area contributed by atoms with Crippen LogP contribution in [0, 0.1) is 11.7 Å². The van der Waals surface area contributed by atoms with Crippen molar-refractivity contribution in [1.29, 1.82) is 0 Å². The van der Waals surface area contributed by atoms with Gasteiger partial charge in [-0.25, -0.2) is 4.39 Å². The quantitative estimate of drug-likeness (QED) is 0.564. The second-order valence-electron chi connectivity index (χ2n) is 7.62. The van der Waals surface area contributed by atoms with E-state index in [0.29, 0.717) is 34.5 Å². The molecule has 0 heterocycles. The van der Waals surface area contributed by atoms with Gasteiger partial charge in [0.25, 0.3) is 0 Å². The van der Waals surface area contributed by atoms with Gasteiger partial charge in [0.05, 0.1) is 6.42 Å². The molecule has 2 aromatic carbocycles. The molecule has 30 heavy (non-hydrogen) atoms. The number of nitrogens with zero attached hydrogens (tertiary/aromatic N) is 1. The van der Waals surface area contributed by atoms with Crippen molar-refractivity contribution in [2.24, 2.45) is 5.92 Å². The van der Waals surface area contributed by atoms with Crippen LogP contribution in [-0.2, 0) is 22.6 Å². The lowest BCUT2D eigenvalue weighted by molar-refractivity contribution is -0.141. The molecule has 2 aromatic rings. The van der Waals surface area contributed by atoms with Crippen LogP contribution in [0.2, 0.25) is 10.0 Å². The van der Waals surface area contributed by atoms with E-state index in [-0.39, 0.29) is 30.6 Å². The summed E-state index contributed by atoms with van der Waals surface area (Å²) in [5.74, 6) is -0.508. The largest absolute Gasteiger partial charge is 0.354 e. The van der Waals surface area contributed by atoms with Gasteiger partial charge in [0.1, 0.15) is 11.9 Å². The third kappa shape index (κ3) is 6.99. The number of carbonyl (C=O) groups is 2. The lowest BCUT2D eigenvalue weighted by Crippen LogP contribution is -2.50. The zero-order valence-electron chi connectivity index (χ0n) is 17.4. The SMILES string of the molecule is CC[C@@H](C(=O)NCC(C)C)N(Cc1ccc(F)cc1)C(=O)Cc1ccc(Cl)cc1Cl. The molecule has 0 fully saturated rings. The highest BCUT2D eigenvalue weighted by molar-refractivity contribution is 6.35. The van der Waals surface area contributed by atoms with Gasteiger partial charge in [0.2, 0.25) is 11.8 Å². The average Bonchev–Trinajstić information content (AvgIpc) is 2.69. The van der Waals surface area contributed by atoms with Crippen LogP contribution < -0.4 is 5.32 Å². The second kappa shape index (κ2) is 11.3. The van der Waals surface area contributed by atoms with Gasteiger partial charge in [-0.15, -0.1) is 0 Å². The van der Waals surface area contributed by atoms with E-state index in [2.05, 4.69) is 5.32 Å². The van der Waals surface area contributed by atoms with Gasteiger partial charge in [-0.1, -0.05) is 62.2 Å². The van der Waals surface area contributed by atoms with Gasteiger partial charge in [0, 0.05) is 23.1 Å². The van der Waals surface area contributed by atoms with Crippen molar-refractivity contribution in [3.8, 4) is 0 Å². The van der Waals surface area contributed by atoms with E-state index >= 15 is 0 Å². The summed E-state index contributed by atoms with van der Waals surface area (Å²) in [6.45, 7) is 6.59. The Morgan fingerprint density at radius 3 is 2.33 bits per heavy atom. The summed E-state index contributed by atoms with van der Waals surface area (Å²) in [6.07, 6.45) is 0.483. The van der Waals surface area contributed by atoms with Gasteiger partial charge in [-0.3, -0.25) is 9.59 Å². The molecule has 1 N–H and O–H groups in total. The van der Waals surface area contributed by atoms with Crippen LogP contribution in [0.5, 0.6) is 0 Å². The standard InChI is InChI=1S/C23H27Cl2FN2O2/c1-4-21(23(30)27-13-15(2)3)28(14-16-5-9-19(26)10-6-16)22(29)11-17-7-8-18(24)12-20(17)25/h5-10,12,15,21H,4,11,13-14H2,1-3H3,(H,27,30)/t21-/m0/s1. The molecule has 0 aromatic heterocycles. The summed E-state index contributed by atoms with van der Waals surface area (Å²) in [5.41, 5.74) is 1.37. The zero-order chi connectivity index (χ0) is 22.3. The Labute approximate surface area is 187 Å². The Bertz CT molecular complexity index is 872. The first-order chi connectivity index (χ1) is 14.2. The molecule has 4 nitrogen and oxygen atoms in total. The number of hydrogen-bond donors (Lipinski definition) is 1. The highest BCUT2D eigenvalue weighted by Gasteiger charge is 2.29. The first-order valence-corrected chi connectivity index (χ1v) is 10.7. The van der Waals surface area contributed by atoms with Crippen molar-refractivity contribution in [3.05, 3.63) is 69.5 Å². The molecule has 162 valence electrons. The Hall–Kier alpha value is -2.11. The fraction of sp³-hybridized carbons (Fsp3) is 0.391. The van der Waals surface area contributed by atoms with Crippen LogP contribution in [0.1, 0.15) is 38.3 Å². The zero-order valence-corrected chi connectivity index (χ0v) is 18.9. The molecule has 0 aliphatic carbocycles. The number of rotatable bonds is 9. The van der Waals surface area contributed by atoms with E-state index in [1.165, 1.54) is 17.0 Å². The molecule has 7 heteroatoms. The molecular formula is C23H27Cl2FN2O2. The monoisotopic (exact) mass is 452 g/mol. The highest BCUT2D eigenvalue weighted by atomic mass is 35.5. The van der Waals surface area contributed by atoms with Crippen molar-refractivity contribution in [3.63, 3.8) is 0 Å². The predicted molar refractivity (Wildman–Crippen MR) is 119 cm³/mol. The van der Waals surface area contributed by atoms with Gasteiger partial charge in [-0.05, 0) is 47.7 Å². The van der Waals surface area contributed by atoms with Crippen molar-refractivity contribution in [2.45, 2.75) is 46.2 Å². The van der Waals surface area contributed by atoms with Gasteiger partial charge >= 0.3 is 0 Å². The third-order valence-corrected chi connectivity index (χ3v) is 5.28. The number of amides is 2. The average molecular weight is 453 g/mol. The maximum absolute atomic E-state index is 13.3. The van der Waals surface area contributed by atoms with Gasteiger partial charge in [-0.2, -0.15) is 0 Å². The molecule has 0 spiro atoms. The van der Waals surface area contributed by atoms with E-state index in [0.717, 1.165) is 5.56 Å². The van der Waals surface area contributed by atoms with Crippen LogP contribution in [0.25, 0.3) is 0 Å². The van der Waals surface area contributed by atoms with Crippen LogP contribution in [0.4, 0.5) is 4.39 Å². The summed E-state index contributed by atoms with van der Waals surface area (Å²) >= 11 is 12.2. The van der Waals surface area contributed by atoms with Crippen LogP contribution >= 0.6 is 23.2 Å². The molecule has 0 saturated heterocycles. The molecule has 1 atom stereocenters. The summed E-state index contributed by atoms with van der Waals surface area (Å²) < 4.78 is 13.3. The summed E-state index contributed by atoms with van der Waals surface area (Å²) in [5, 5.41) is 3.79. The number of hydrogen-bond acceptors (Lipinski definition) is 2. The molecule has 0 aliphatic rings. The van der Waals surface area contributed by atoms with E-state index in [9.17, 15) is 14.0 Å². The Kier molecular flexibility index (Phi) is 9.12. The van der Waals surface area contributed by atoms with E-state index in [1.54, 1.807) is 30.3 Å². The summed E-state index contributed by atoms with van der Waals surface area (Å²) in [7, 11) is 0. The summed E-state index contributed by atoms with van der Waals surface area (Å²) in [6, 6.07) is 10.2. The highest BCUT2D eigenvalue weighted by Crippen LogP contribution is 2.23. The lowest BCUT2D eigenvalue weighted by atomic mass is 10.1. The van der Waals surface area contributed by atoms with E-state index in [1.807, 2.05) is 20.8 Å². The topological polar surface area (TPSA) is 49.4 Å². The van der Waals surface area contributed by atoms with Crippen molar-refractivity contribution in [2.75, 3.05) is 6.54 Å². The Morgan fingerprint density at radius 1 is 1.10 bits per heavy atom. The Balaban J connectivity index is 2.29. The molecule has 0 aliphatic heterocycles. The third-order valence-electron chi connectivity index (χ3n) is 4.69. The first kappa shape index (κ1) is 24.2. The predicted octanol–water partition coefficient (Wildman–Crippen LogP) is 5.25. The maximum Gasteiger partial charge on any atom is 0.242 e. The molecular weight excluding hydrogens is 426 g/mol. The van der Waals surface area contributed by atoms with E-state index < -0.39 is 6.04 Å². The first-order valence-electron chi connectivity index (χ1n) is 9.96. The second-order valence-corrected chi connectivity index (χ2v) is 8.47. The minimum Gasteiger partial charge on any atom is -0.354 e. The normalized spacial score (nSPS) is 12.0. The maximum atomic E-state index is 13.3. The van der Waals surface area contributed by atoms with Crippen LogP contribution in [0.3, 0.4) is 0 Å². The molecule has 0 unspecified atom stereocenters. The van der Waals surface area contributed by atoms with Gasteiger partial charge in [0.15, 0.2) is 0 Å². The van der Waals surface area contributed by atoms with Crippen LogP contribution in [-0.4, -0.2) is 29.3 Å². The fourth-order valence-electron chi connectivity index (χ4n) is 3.06. The van der Waals surface area contributed by atoms with Crippen molar-refractivity contribution >= 4 is 35.0 Å². The van der Waals surface area contributed by atoms with Crippen LogP contribution in [0.15, 0.2) is 42.5 Å². The molecule has 2 amide bonds. The number of nitrogens with one attached hydrogen (secondary N) is 1. The summed E-state index contributed by atoms with van der Waals surface area (Å²) in [4.78, 5) is 27.6. The Morgan fingerprint density at radius 2 is 1.77 bits per heavy atom. The fourth-order valence-corrected chi connectivity index (χ4v) is 3.53.